The van der Waals surface area contributed by atoms with Crippen LogP contribution < -0.4 is 0 Å². The molecule has 4 heteroatoms. The molecule has 0 amide bonds. The normalized spacial score (nSPS) is 24.9. The summed E-state index contributed by atoms with van der Waals surface area (Å²) in [4.78, 5) is 7.38. The summed E-state index contributed by atoms with van der Waals surface area (Å²) < 4.78 is 11.3. The molecule has 2 aliphatic rings. The lowest BCUT2D eigenvalue weighted by molar-refractivity contribution is -0.164. The van der Waals surface area contributed by atoms with Gasteiger partial charge in [0.1, 0.15) is 0 Å². The Hall–Kier alpha value is -0.870. The van der Waals surface area contributed by atoms with Gasteiger partial charge in [0.05, 0.1) is 25.2 Å². The van der Waals surface area contributed by atoms with E-state index in [4.69, 9.17) is 9.47 Å². The average Bonchev–Trinajstić information content (AvgIpc) is 2.74. The van der Waals surface area contributed by atoms with Crippen molar-refractivity contribution in [1.29, 1.82) is 0 Å². The molecule has 0 atom stereocenters. The summed E-state index contributed by atoms with van der Waals surface area (Å²) in [7, 11) is 0. The van der Waals surface area contributed by atoms with Gasteiger partial charge in [0.15, 0.2) is 5.79 Å². The van der Waals surface area contributed by atoms with E-state index in [2.05, 4.69) is 9.97 Å². The Kier molecular flexibility index (Phi) is 1.48. The van der Waals surface area contributed by atoms with Gasteiger partial charge >= 0.3 is 0 Å². The van der Waals surface area contributed by atoms with Gasteiger partial charge in [-0.05, 0) is 6.42 Å². The molecule has 1 fully saturated rings. The van der Waals surface area contributed by atoms with Crippen LogP contribution in [0, 0.1) is 0 Å². The monoisotopic (exact) mass is 180 g/mol. The SMILES string of the molecule is c1nc2c([nH]1)CC1(CC2)OCCO1. The minimum atomic E-state index is -0.334. The third-order valence-corrected chi connectivity index (χ3v) is 2.81. The number of hydrogen-bond donors (Lipinski definition) is 1. The van der Waals surface area contributed by atoms with Crippen LogP contribution in [-0.2, 0) is 22.3 Å². The number of rotatable bonds is 0. The quantitative estimate of drug-likeness (QED) is 0.637. The van der Waals surface area contributed by atoms with Gasteiger partial charge in [-0.3, -0.25) is 0 Å². The summed E-state index contributed by atoms with van der Waals surface area (Å²) in [6.45, 7) is 1.45. The molecule has 0 saturated carbocycles. The van der Waals surface area contributed by atoms with Crippen molar-refractivity contribution in [3.05, 3.63) is 17.7 Å². The first kappa shape index (κ1) is 7.53. The predicted octanol–water partition coefficient (Wildman–Crippen LogP) is 0.641. The Bertz CT molecular complexity index is 315. The molecule has 3 rings (SSSR count). The summed E-state index contributed by atoms with van der Waals surface area (Å²) >= 11 is 0. The van der Waals surface area contributed by atoms with Gasteiger partial charge in [0, 0.05) is 18.5 Å². The summed E-state index contributed by atoms with van der Waals surface area (Å²) in [6, 6.07) is 0. The Balaban J connectivity index is 1.91. The van der Waals surface area contributed by atoms with Gasteiger partial charge < -0.3 is 14.5 Å². The van der Waals surface area contributed by atoms with Crippen molar-refractivity contribution in [2.45, 2.75) is 25.0 Å². The minimum Gasteiger partial charge on any atom is -0.348 e. The third-order valence-electron chi connectivity index (χ3n) is 2.81. The van der Waals surface area contributed by atoms with Crippen LogP contribution in [0.5, 0.6) is 0 Å². The highest BCUT2D eigenvalue weighted by Crippen LogP contribution is 2.33. The molecule has 1 N–H and O–H groups in total. The van der Waals surface area contributed by atoms with Gasteiger partial charge in [0.2, 0.25) is 0 Å². The van der Waals surface area contributed by atoms with Crippen molar-refractivity contribution in [1.82, 2.24) is 9.97 Å². The maximum Gasteiger partial charge on any atom is 0.174 e. The molecular formula is C9H12N2O2. The Morgan fingerprint density at radius 1 is 1.38 bits per heavy atom. The summed E-state index contributed by atoms with van der Waals surface area (Å²) in [5.41, 5.74) is 2.35. The molecular weight excluding hydrogens is 168 g/mol. The number of nitrogens with one attached hydrogen (secondary N) is 1. The summed E-state index contributed by atoms with van der Waals surface area (Å²) in [5.74, 6) is -0.334. The number of aromatic nitrogens is 2. The van der Waals surface area contributed by atoms with Crippen molar-refractivity contribution < 1.29 is 9.47 Å². The van der Waals surface area contributed by atoms with Gasteiger partial charge in [-0.2, -0.15) is 0 Å². The van der Waals surface area contributed by atoms with E-state index in [9.17, 15) is 0 Å². The van der Waals surface area contributed by atoms with Crippen LogP contribution in [0.2, 0.25) is 0 Å². The van der Waals surface area contributed by atoms with Gasteiger partial charge in [-0.1, -0.05) is 0 Å². The molecule has 1 aromatic heterocycles. The van der Waals surface area contributed by atoms with Gasteiger partial charge in [-0.15, -0.1) is 0 Å². The smallest absolute Gasteiger partial charge is 0.174 e. The number of imidazole rings is 1. The summed E-state index contributed by atoms with van der Waals surface area (Å²) in [5, 5.41) is 0. The fourth-order valence-corrected chi connectivity index (χ4v) is 2.13. The van der Waals surface area contributed by atoms with E-state index >= 15 is 0 Å². The first-order valence-corrected chi connectivity index (χ1v) is 4.67. The first-order valence-electron chi connectivity index (χ1n) is 4.67. The van der Waals surface area contributed by atoms with E-state index in [0.717, 1.165) is 32.5 Å². The number of aryl methyl sites for hydroxylation is 1. The molecule has 2 heterocycles. The van der Waals surface area contributed by atoms with E-state index in [1.54, 1.807) is 6.33 Å². The highest BCUT2D eigenvalue weighted by atomic mass is 16.7. The van der Waals surface area contributed by atoms with Crippen LogP contribution in [0.1, 0.15) is 17.8 Å². The molecule has 0 unspecified atom stereocenters. The number of ether oxygens (including phenoxy) is 2. The number of hydrogen-bond acceptors (Lipinski definition) is 3. The zero-order chi connectivity index (χ0) is 8.73. The highest BCUT2D eigenvalue weighted by Gasteiger charge is 2.40. The first-order chi connectivity index (χ1) is 6.38. The van der Waals surface area contributed by atoms with Crippen molar-refractivity contribution in [3.8, 4) is 0 Å². The van der Waals surface area contributed by atoms with Crippen molar-refractivity contribution in [2.24, 2.45) is 0 Å². The minimum absolute atomic E-state index is 0.334. The Morgan fingerprint density at radius 3 is 3.08 bits per heavy atom. The summed E-state index contributed by atoms with van der Waals surface area (Å²) in [6.07, 6.45) is 4.46. The molecule has 1 aliphatic heterocycles. The largest absolute Gasteiger partial charge is 0.348 e. The lowest BCUT2D eigenvalue weighted by Crippen LogP contribution is -2.37. The third kappa shape index (κ3) is 1.09. The van der Waals surface area contributed by atoms with E-state index in [-0.39, 0.29) is 5.79 Å². The molecule has 4 nitrogen and oxygen atoms in total. The van der Waals surface area contributed by atoms with Crippen LogP contribution >= 0.6 is 0 Å². The highest BCUT2D eigenvalue weighted by molar-refractivity contribution is 5.17. The molecule has 13 heavy (non-hydrogen) atoms. The molecule has 1 spiro atoms. The second-order valence-electron chi connectivity index (χ2n) is 3.61. The number of H-pyrrole nitrogens is 1. The van der Waals surface area contributed by atoms with Crippen LogP contribution in [0.15, 0.2) is 6.33 Å². The predicted molar refractivity (Wildman–Crippen MR) is 45.2 cm³/mol. The lowest BCUT2D eigenvalue weighted by atomic mass is 9.95. The van der Waals surface area contributed by atoms with E-state index in [1.165, 1.54) is 11.4 Å². The fourth-order valence-electron chi connectivity index (χ4n) is 2.13. The molecule has 0 bridgehead atoms. The maximum atomic E-state index is 5.64. The second-order valence-corrected chi connectivity index (χ2v) is 3.61. The fraction of sp³-hybridized carbons (Fsp3) is 0.667. The van der Waals surface area contributed by atoms with Gasteiger partial charge in [-0.25, -0.2) is 4.98 Å². The maximum absolute atomic E-state index is 5.64. The number of fused-ring (bicyclic) bond motifs is 1. The van der Waals surface area contributed by atoms with E-state index < -0.39 is 0 Å². The lowest BCUT2D eigenvalue weighted by Gasteiger charge is -2.30. The number of nitrogens with zero attached hydrogens (tertiary/aromatic N) is 1. The molecule has 0 radical (unpaired) electrons. The Labute approximate surface area is 76.3 Å². The molecule has 0 aromatic carbocycles. The van der Waals surface area contributed by atoms with Crippen LogP contribution in [0.4, 0.5) is 0 Å². The molecule has 70 valence electrons. The van der Waals surface area contributed by atoms with Crippen LogP contribution in [0.3, 0.4) is 0 Å². The van der Waals surface area contributed by atoms with Crippen molar-refractivity contribution in [2.75, 3.05) is 13.2 Å². The molecule has 1 aromatic rings. The van der Waals surface area contributed by atoms with Crippen molar-refractivity contribution in [3.63, 3.8) is 0 Å². The van der Waals surface area contributed by atoms with Crippen LogP contribution in [-0.4, -0.2) is 29.0 Å². The Morgan fingerprint density at radius 2 is 2.23 bits per heavy atom. The number of aromatic amines is 1. The molecule has 1 saturated heterocycles. The van der Waals surface area contributed by atoms with Gasteiger partial charge in [0.25, 0.3) is 0 Å². The topological polar surface area (TPSA) is 47.1 Å². The van der Waals surface area contributed by atoms with Crippen LogP contribution in [0.25, 0.3) is 0 Å². The zero-order valence-corrected chi connectivity index (χ0v) is 7.38. The standard InChI is InChI=1S/C9H12N2O2/c1-2-9(12-3-4-13-9)5-8-7(1)10-6-11-8/h6H,1-5H2,(H,10,11). The average molecular weight is 180 g/mol. The zero-order valence-electron chi connectivity index (χ0n) is 7.38. The van der Waals surface area contributed by atoms with E-state index in [0.29, 0.717) is 0 Å². The van der Waals surface area contributed by atoms with Crippen molar-refractivity contribution >= 4 is 0 Å². The second kappa shape index (κ2) is 2.56. The molecule has 1 aliphatic carbocycles. The van der Waals surface area contributed by atoms with E-state index in [1.807, 2.05) is 0 Å².